The van der Waals surface area contributed by atoms with E-state index in [9.17, 15) is 8.42 Å². The topological polar surface area (TPSA) is 52.6 Å². The summed E-state index contributed by atoms with van der Waals surface area (Å²) in [6.07, 6.45) is 0. The summed E-state index contributed by atoms with van der Waals surface area (Å²) in [5.74, 6) is 0.572. The van der Waals surface area contributed by atoms with Gasteiger partial charge in [0.25, 0.3) is 10.1 Å². The lowest BCUT2D eigenvalue weighted by atomic mass is 9.94. The Morgan fingerprint density at radius 3 is 2.56 bits per heavy atom. The second-order valence-corrected chi connectivity index (χ2v) is 6.39. The number of hydrogen-bond acceptors (Lipinski definition) is 4. The Kier molecular flexibility index (Phi) is 4.37. The Morgan fingerprint density at radius 1 is 1.33 bits per heavy atom. The summed E-state index contributed by atoms with van der Waals surface area (Å²) in [4.78, 5) is 0. The monoisotopic (exact) mass is 270 g/mol. The van der Waals surface area contributed by atoms with Crippen LogP contribution in [0.4, 0.5) is 0 Å². The molecule has 1 aromatic carbocycles. The van der Waals surface area contributed by atoms with Crippen LogP contribution in [0.1, 0.15) is 12.5 Å². The van der Waals surface area contributed by atoms with E-state index in [4.69, 9.17) is 8.92 Å². The van der Waals surface area contributed by atoms with Gasteiger partial charge in [-0.25, -0.2) is 0 Å². The Bertz CT molecular complexity index is 465. The van der Waals surface area contributed by atoms with E-state index in [0.717, 1.165) is 5.56 Å². The van der Waals surface area contributed by atoms with Crippen LogP contribution in [0.25, 0.3) is 0 Å². The molecular formula is C13H18O4S. The fraction of sp³-hybridized carbons (Fsp3) is 0.538. The molecule has 100 valence electrons. The van der Waals surface area contributed by atoms with Crippen molar-refractivity contribution in [1.82, 2.24) is 0 Å². The molecule has 2 rings (SSSR count). The van der Waals surface area contributed by atoms with Gasteiger partial charge in [-0.1, -0.05) is 37.3 Å². The zero-order chi connectivity index (χ0) is 13.0. The van der Waals surface area contributed by atoms with Gasteiger partial charge >= 0.3 is 0 Å². The lowest BCUT2D eigenvalue weighted by molar-refractivity contribution is -0.0641. The zero-order valence-corrected chi connectivity index (χ0v) is 11.2. The van der Waals surface area contributed by atoms with Gasteiger partial charge in [-0.3, -0.25) is 4.18 Å². The summed E-state index contributed by atoms with van der Waals surface area (Å²) >= 11 is 0. The molecule has 0 amide bonds. The van der Waals surface area contributed by atoms with E-state index < -0.39 is 10.1 Å². The molecule has 0 aliphatic carbocycles. The van der Waals surface area contributed by atoms with Crippen LogP contribution in [0.5, 0.6) is 0 Å². The van der Waals surface area contributed by atoms with Crippen LogP contribution in [0.15, 0.2) is 30.3 Å². The predicted molar refractivity (Wildman–Crippen MR) is 68.5 cm³/mol. The zero-order valence-electron chi connectivity index (χ0n) is 10.4. The van der Waals surface area contributed by atoms with Crippen molar-refractivity contribution in [2.45, 2.75) is 12.7 Å². The highest BCUT2D eigenvalue weighted by molar-refractivity contribution is 7.85. The second-order valence-electron chi connectivity index (χ2n) is 4.75. The minimum Gasteiger partial charge on any atom is -0.381 e. The summed E-state index contributed by atoms with van der Waals surface area (Å²) in [6.45, 7) is 3.65. The van der Waals surface area contributed by atoms with E-state index in [1.807, 2.05) is 25.1 Å². The molecule has 1 atom stereocenters. The second kappa shape index (κ2) is 5.82. The molecule has 4 nitrogen and oxygen atoms in total. The first-order valence-electron chi connectivity index (χ1n) is 6.05. The Balaban J connectivity index is 1.83. The highest BCUT2D eigenvalue weighted by atomic mass is 32.2. The van der Waals surface area contributed by atoms with Gasteiger partial charge in [-0.15, -0.1) is 0 Å². The molecule has 18 heavy (non-hydrogen) atoms. The average molecular weight is 270 g/mol. The molecule has 0 bridgehead atoms. The first-order chi connectivity index (χ1) is 8.57. The molecule has 0 aromatic heterocycles. The van der Waals surface area contributed by atoms with E-state index in [-0.39, 0.29) is 18.3 Å². The molecule has 1 unspecified atom stereocenters. The van der Waals surface area contributed by atoms with Crippen LogP contribution >= 0.6 is 0 Å². The number of rotatable bonds is 6. The van der Waals surface area contributed by atoms with Crippen molar-refractivity contribution in [2.75, 3.05) is 19.8 Å². The quantitative estimate of drug-likeness (QED) is 0.740. The lowest BCUT2D eigenvalue weighted by Crippen LogP contribution is -2.35. The Labute approximate surface area is 108 Å². The SMILES string of the molecule is CC(COS(=O)(=O)Cc1ccccc1)C1COC1. The van der Waals surface area contributed by atoms with Gasteiger partial charge < -0.3 is 4.74 Å². The summed E-state index contributed by atoms with van der Waals surface area (Å²) < 4.78 is 33.7. The fourth-order valence-electron chi connectivity index (χ4n) is 1.75. The van der Waals surface area contributed by atoms with Crippen LogP contribution in [0.2, 0.25) is 0 Å². The third kappa shape index (κ3) is 3.80. The maximum absolute atomic E-state index is 11.8. The van der Waals surface area contributed by atoms with E-state index in [1.54, 1.807) is 12.1 Å². The van der Waals surface area contributed by atoms with Crippen LogP contribution in [-0.4, -0.2) is 28.2 Å². The van der Waals surface area contributed by atoms with Crippen molar-refractivity contribution in [3.63, 3.8) is 0 Å². The first-order valence-corrected chi connectivity index (χ1v) is 7.63. The molecule has 5 heteroatoms. The average Bonchev–Trinajstić information content (AvgIpc) is 2.25. The summed E-state index contributed by atoms with van der Waals surface area (Å²) in [7, 11) is -3.49. The third-order valence-corrected chi connectivity index (χ3v) is 4.35. The van der Waals surface area contributed by atoms with Crippen molar-refractivity contribution in [1.29, 1.82) is 0 Å². The molecular weight excluding hydrogens is 252 g/mol. The summed E-state index contributed by atoms with van der Waals surface area (Å²) in [6, 6.07) is 9.06. The lowest BCUT2D eigenvalue weighted by Gasteiger charge is -2.31. The third-order valence-electron chi connectivity index (χ3n) is 3.17. The number of benzene rings is 1. The highest BCUT2D eigenvalue weighted by Crippen LogP contribution is 2.21. The number of hydrogen-bond donors (Lipinski definition) is 0. The van der Waals surface area contributed by atoms with Crippen molar-refractivity contribution in [2.24, 2.45) is 11.8 Å². The van der Waals surface area contributed by atoms with Crippen LogP contribution in [0.3, 0.4) is 0 Å². The summed E-state index contributed by atoms with van der Waals surface area (Å²) in [5, 5.41) is 0. The van der Waals surface area contributed by atoms with Gasteiger partial charge in [0.15, 0.2) is 0 Å². The predicted octanol–water partition coefficient (Wildman–Crippen LogP) is 1.82. The molecule has 1 aliphatic heterocycles. The number of ether oxygens (including phenoxy) is 1. The first kappa shape index (κ1) is 13.5. The van der Waals surface area contributed by atoms with Crippen LogP contribution < -0.4 is 0 Å². The minimum absolute atomic E-state index is 0.0677. The van der Waals surface area contributed by atoms with E-state index >= 15 is 0 Å². The molecule has 0 radical (unpaired) electrons. The normalized spacial score (nSPS) is 18.3. The van der Waals surface area contributed by atoms with Gasteiger partial charge in [0.1, 0.15) is 5.75 Å². The Morgan fingerprint density at radius 2 is 2.00 bits per heavy atom. The van der Waals surface area contributed by atoms with Crippen molar-refractivity contribution >= 4 is 10.1 Å². The smallest absolute Gasteiger partial charge is 0.271 e. The molecule has 0 N–H and O–H groups in total. The largest absolute Gasteiger partial charge is 0.381 e. The van der Waals surface area contributed by atoms with Gasteiger partial charge in [0.05, 0.1) is 19.8 Å². The molecule has 1 aromatic rings. The molecule has 1 aliphatic rings. The van der Waals surface area contributed by atoms with Crippen molar-refractivity contribution < 1.29 is 17.3 Å². The summed E-state index contributed by atoms with van der Waals surface area (Å²) in [5.41, 5.74) is 0.747. The standard InChI is InChI=1S/C13H18O4S/c1-11(13-8-16-9-13)7-17-18(14,15)10-12-5-3-2-4-6-12/h2-6,11,13H,7-10H2,1H3. The molecule has 0 spiro atoms. The molecule has 1 saturated heterocycles. The van der Waals surface area contributed by atoms with Gasteiger partial charge in [0, 0.05) is 5.92 Å². The minimum atomic E-state index is -3.49. The van der Waals surface area contributed by atoms with E-state index in [1.165, 1.54) is 0 Å². The van der Waals surface area contributed by atoms with E-state index in [0.29, 0.717) is 19.1 Å². The fourth-order valence-corrected chi connectivity index (χ4v) is 2.86. The maximum Gasteiger partial charge on any atom is 0.271 e. The van der Waals surface area contributed by atoms with E-state index in [2.05, 4.69) is 0 Å². The molecule has 1 heterocycles. The Hall–Kier alpha value is -0.910. The van der Waals surface area contributed by atoms with Gasteiger partial charge in [-0.2, -0.15) is 8.42 Å². The van der Waals surface area contributed by atoms with Crippen LogP contribution in [-0.2, 0) is 24.8 Å². The van der Waals surface area contributed by atoms with Crippen molar-refractivity contribution in [3.8, 4) is 0 Å². The van der Waals surface area contributed by atoms with Gasteiger partial charge in [0.2, 0.25) is 0 Å². The highest BCUT2D eigenvalue weighted by Gasteiger charge is 2.26. The molecule has 0 saturated carbocycles. The maximum atomic E-state index is 11.8. The van der Waals surface area contributed by atoms with Crippen molar-refractivity contribution in [3.05, 3.63) is 35.9 Å². The van der Waals surface area contributed by atoms with Crippen LogP contribution in [0, 0.1) is 11.8 Å². The van der Waals surface area contributed by atoms with Gasteiger partial charge in [-0.05, 0) is 11.5 Å². The molecule has 1 fully saturated rings.